The molecule has 1 aromatic heterocycles. The van der Waals surface area contributed by atoms with E-state index < -0.39 is 0 Å². The second-order valence-corrected chi connectivity index (χ2v) is 4.71. The van der Waals surface area contributed by atoms with Gasteiger partial charge in [0.1, 0.15) is 5.69 Å². The fourth-order valence-electron chi connectivity index (χ4n) is 1.99. The number of pyridine rings is 1. The lowest BCUT2D eigenvalue weighted by atomic mass is 10.2. The minimum Gasteiger partial charge on any atom is -0.337 e. The minimum absolute atomic E-state index is 0.199. The number of hydrogen-bond donors (Lipinski definition) is 0. The normalized spacial score (nSPS) is 10.2. The van der Waals surface area contributed by atoms with E-state index >= 15 is 0 Å². The van der Waals surface area contributed by atoms with Gasteiger partial charge in [-0.05, 0) is 19.1 Å². The SMILES string of the molecule is CCN(CCC#N)C(=O)c1cc(Cl)c2ccccc2n1. The van der Waals surface area contributed by atoms with Gasteiger partial charge < -0.3 is 4.90 Å². The van der Waals surface area contributed by atoms with Gasteiger partial charge in [0.2, 0.25) is 0 Å². The molecule has 2 rings (SSSR count). The Kier molecular flexibility index (Phi) is 4.54. The Balaban J connectivity index is 2.37. The maximum atomic E-state index is 12.4. The summed E-state index contributed by atoms with van der Waals surface area (Å²) in [5.74, 6) is -0.199. The molecule has 0 N–H and O–H groups in total. The van der Waals surface area contributed by atoms with Crippen LogP contribution in [0.25, 0.3) is 10.9 Å². The number of carbonyl (C=O) groups is 1. The molecule has 1 heterocycles. The smallest absolute Gasteiger partial charge is 0.272 e. The zero-order valence-electron chi connectivity index (χ0n) is 11.1. The molecule has 102 valence electrons. The van der Waals surface area contributed by atoms with Crippen molar-refractivity contribution >= 4 is 28.4 Å². The molecule has 0 aliphatic carbocycles. The van der Waals surface area contributed by atoms with E-state index in [4.69, 9.17) is 16.9 Å². The molecule has 2 aromatic rings. The average molecular weight is 288 g/mol. The number of fused-ring (bicyclic) bond motifs is 1. The molecule has 4 nitrogen and oxygen atoms in total. The van der Waals surface area contributed by atoms with E-state index in [0.29, 0.717) is 35.7 Å². The fraction of sp³-hybridized carbons (Fsp3) is 0.267. The number of para-hydroxylation sites is 1. The van der Waals surface area contributed by atoms with Crippen LogP contribution in [0.4, 0.5) is 0 Å². The van der Waals surface area contributed by atoms with Crippen LogP contribution >= 0.6 is 11.6 Å². The first kappa shape index (κ1) is 14.3. The molecule has 20 heavy (non-hydrogen) atoms. The first-order valence-electron chi connectivity index (χ1n) is 6.39. The van der Waals surface area contributed by atoms with Gasteiger partial charge in [-0.15, -0.1) is 0 Å². The Morgan fingerprint density at radius 3 is 2.90 bits per heavy atom. The van der Waals surface area contributed by atoms with Crippen LogP contribution in [0.2, 0.25) is 5.02 Å². The van der Waals surface area contributed by atoms with Gasteiger partial charge in [0.15, 0.2) is 0 Å². The van der Waals surface area contributed by atoms with E-state index in [-0.39, 0.29) is 5.91 Å². The molecule has 1 aromatic carbocycles. The number of nitriles is 1. The van der Waals surface area contributed by atoms with E-state index in [0.717, 1.165) is 5.39 Å². The van der Waals surface area contributed by atoms with Crippen molar-refractivity contribution < 1.29 is 4.79 Å². The Morgan fingerprint density at radius 1 is 1.45 bits per heavy atom. The van der Waals surface area contributed by atoms with Crippen LogP contribution in [0, 0.1) is 11.3 Å². The van der Waals surface area contributed by atoms with Gasteiger partial charge >= 0.3 is 0 Å². The summed E-state index contributed by atoms with van der Waals surface area (Å²) in [6.45, 7) is 2.81. The highest BCUT2D eigenvalue weighted by Crippen LogP contribution is 2.23. The highest BCUT2D eigenvalue weighted by atomic mass is 35.5. The number of halogens is 1. The van der Waals surface area contributed by atoms with Crippen molar-refractivity contribution in [1.82, 2.24) is 9.88 Å². The number of nitrogens with zero attached hydrogens (tertiary/aromatic N) is 3. The fourth-order valence-corrected chi connectivity index (χ4v) is 2.26. The van der Waals surface area contributed by atoms with Crippen LogP contribution in [0.1, 0.15) is 23.8 Å². The summed E-state index contributed by atoms with van der Waals surface area (Å²) in [7, 11) is 0. The van der Waals surface area contributed by atoms with Gasteiger partial charge in [-0.1, -0.05) is 29.8 Å². The molecule has 0 radical (unpaired) electrons. The molecule has 0 aliphatic heterocycles. The van der Waals surface area contributed by atoms with Crippen LogP contribution in [0.3, 0.4) is 0 Å². The van der Waals surface area contributed by atoms with E-state index in [2.05, 4.69) is 4.98 Å². The van der Waals surface area contributed by atoms with E-state index in [1.807, 2.05) is 37.3 Å². The Hall–Kier alpha value is -2.12. The minimum atomic E-state index is -0.199. The Bertz CT molecular complexity index is 678. The molecular weight excluding hydrogens is 274 g/mol. The molecule has 0 unspecified atom stereocenters. The van der Waals surface area contributed by atoms with Gasteiger partial charge in [0.25, 0.3) is 5.91 Å². The number of aromatic nitrogens is 1. The van der Waals surface area contributed by atoms with E-state index in [1.165, 1.54) is 0 Å². The number of benzene rings is 1. The van der Waals surface area contributed by atoms with Crippen LogP contribution in [0.5, 0.6) is 0 Å². The molecule has 0 spiro atoms. The summed E-state index contributed by atoms with van der Waals surface area (Å²) in [6, 6.07) is 11.0. The van der Waals surface area contributed by atoms with E-state index in [1.54, 1.807) is 11.0 Å². The molecule has 0 fully saturated rings. The van der Waals surface area contributed by atoms with Crippen LogP contribution in [-0.4, -0.2) is 28.9 Å². The maximum absolute atomic E-state index is 12.4. The molecule has 1 amide bonds. The van der Waals surface area contributed by atoms with Crippen molar-refractivity contribution in [3.8, 4) is 6.07 Å². The third-order valence-electron chi connectivity index (χ3n) is 3.05. The average Bonchev–Trinajstić information content (AvgIpc) is 2.47. The summed E-state index contributed by atoms with van der Waals surface area (Å²) >= 11 is 6.20. The molecule has 0 bridgehead atoms. The van der Waals surface area contributed by atoms with E-state index in [9.17, 15) is 4.79 Å². The summed E-state index contributed by atoms with van der Waals surface area (Å²) in [5, 5.41) is 9.96. The number of rotatable bonds is 4. The third-order valence-corrected chi connectivity index (χ3v) is 3.36. The second-order valence-electron chi connectivity index (χ2n) is 4.30. The standard InChI is InChI=1S/C15H14ClN3O/c1-2-19(9-5-8-17)15(20)14-10-12(16)11-6-3-4-7-13(11)18-14/h3-4,6-7,10H,2,5,9H2,1H3. The largest absolute Gasteiger partial charge is 0.337 e. The molecule has 0 saturated heterocycles. The van der Waals surface area contributed by atoms with Crippen molar-refractivity contribution in [2.45, 2.75) is 13.3 Å². The maximum Gasteiger partial charge on any atom is 0.272 e. The van der Waals surface area contributed by atoms with Crippen molar-refractivity contribution in [3.63, 3.8) is 0 Å². The lowest BCUT2D eigenvalue weighted by molar-refractivity contribution is 0.0762. The van der Waals surface area contributed by atoms with Crippen LogP contribution < -0.4 is 0 Å². The molecule has 0 saturated carbocycles. The van der Waals surface area contributed by atoms with Crippen molar-refractivity contribution in [2.24, 2.45) is 0 Å². The zero-order chi connectivity index (χ0) is 14.5. The van der Waals surface area contributed by atoms with Crippen LogP contribution in [-0.2, 0) is 0 Å². The molecule has 0 atom stereocenters. The first-order valence-corrected chi connectivity index (χ1v) is 6.76. The summed E-state index contributed by atoms with van der Waals surface area (Å²) < 4.78 is 0. The highest BCUT2D eigenvalue weighted by Gasteiger charge is 2.17. The topological polar surface area (TPSA) is 57.0 Å². The number of carbonyl (C=O) groups excluding carboxylic acids is 1. The predicted octanol–water partition coefficient (Wildman–Crippen LogP) is 3.26. The monoisotopic (exact) mass is 287 g/mol. The lowest BCUT2D eigenvalue weighted by Gasteiger charge is -2.19. The van der Waals surface area contributed by atoms with Gasteiger partial charge in [-0.3, -0.25) is 4.79 Å². The third kappa shape index (κ3) is 2.89. The van der Waals surface area contributed by atoms with Crippen molar-refractivity contribution in [3.05, 3.63) is 41.0 Å². The number of amides is 1. The summed E-state index contributed by atoms with van der Waals surface area (Å²) in [4.78, 5) is 18.3. The van der Waals surface area contributed by atoms with Crippen molar-refractivity contribution in [1.29, 1.82) is 5.26 Å². The van der Waals surface area contributed by atoms with Gasteiger partial charge in [0, 0.05) is 18.5 Å². The molecule has 5 heteroatoms. The predicted molar refractivity (Wildman–Crippen MR) is 78.6 cm³/mol. The Morgan fingerprint density at radius 2 is 2.20 bits per heavy atom. The second kappa shape index (κ2) is 6.36. The summed E-state index contributed by atoms with van der Waals surface area (Å²) in [6.07, 6.45) is 0.306. The summed E-state index contributed by atoms with van der Waals surface area (Å²) in [5.41, 5.74) is 1.01. The molecule has 0 aliphatic rings. The first-order chi connectivity index (χ1) is 9.67. The Labute approximate surface area is 122 Å². The van der Waals surface area contributed by atoms with Crippen LogP contribution in [0.15, 0.2) is 30.3 Å². The van der Waals surface area contributed by atoms with Gasteiger partial charge in [-0.2, -0.15) is 5.26 Å². The van der Waals surface area contributed by atoms with Gasteiger partial charge in [0.05, 0.1) is 23.0 Å². The highest BCUT2D eigenvalue weighted by molar-refractivity contribution is 6.35. The lowest BCUT2D eigenvalue weighted by Crippen LogP contribution is -2.32. The van der Waals surface area contributed by atoms with Crippen molar-refractivity contribution in [2.75, 3.05) is 13.1 Å². The van der Waals surface area contributed by atoms with Gasteiger partial charge in [-0.25, -0.2) is 4.98 Å². The molecular formula is C15H14ClN3O. The number of hydrogen-bond acceptors (Lipinski definition) is 3. The zero-order valence-corrected chi connectivity index (χ0v) is 11.9. The quantitative estimate of drug-likeness (QED) is 0.867.